The average Bonchev–Trinajstić information content (AvgIpc) is 2.84. The highest BCUT2D eigenvalue weighted by Gasteiger charge is 2.30. The Labute approximate surface area is 195 Å². The summed E-state index contributed by atoms with van der Waals surface area (Å²) in [6.07, 6.45) is 5.67. The predicted octanol–water partition coefficient (Wildman–Crippen LogP) is 1.79. The van der Waals surface area contributed by atoms with Gasteiger partial charge in [0, 0.05) is 69.3 Å². The third-order valence-corrected chi connectivity index (χ3v) is 6.17. The van der Waals surface area contributed by atoms with Crippen LogP contribution in [0.1, 0.15) is 31.1 Å². The number of fused-ring (bicyclic) bond motifs is 1. The highest BCUT2D eigenvalue weighted by Crippen LogP contribution is 2.33. The second-order valence-corrected chi connectivity index (χ2v) is 8.28. The molecule has 174 valence electrons. The minimum atomic E-state index is -0.479. The fourth-order valence-corrected chi connectivity index (χ4v) is 4.34. The van der Waals surface area contributed by atoms with Gasteiger partial charge in [-0.25, -0.2) is 29.3 Å². The Kier molecular flexibility index (Phi) is 5.60. The summed E-state index contributed by atoms with van der Waals surface area (Å²) >= 11 is 0. The van der Waals surface area contributed by atoms with Crippen LogP contribution in [0.2, 0.25) is 0 Å². The molecule has 0 aliphatic carbocycles. The van der Waals surface area contributed by atoms with Gasteiger partial charge in [0.25, 0.3) is 0 Å². The molecule has 1 fully saturated rings. The molecule has 0 bridgehead atoms. The molecule has 3 aromatic rings. The number of nitrogens with zero attached hydrogens (tertiary/aromatic N) is 8. The summed E-state index contributed by atoms with van der Waals surface area (Å²) in [6, 6.07) is 4.21. The van der Waals surface area contributed by atoms with Crippen molar-refractivity contribution in [2.75, 3.05) is 36.0 Å². The summed E-state index contributed by atoms with van der Waals surface area (Å²) in [5.41, 5.74) is 1.82. The third-order valence-electron chi connectivity index (χ3n) is 6.17. The number of halogens is 1. The minimum Gasteiger partial charge on any atom is -0.349 e. The van der Waals surface area contributed by atoms with Crippen molar-refractivity contribution < 1.29 is 14.0 Å². The van der Waals surface area contributed by atoms with Gasteiger partial charge in [0.1, 0.15) is 24.0 Å². The van der Waals surface area contributed by atoms with E-state index in [2.05, 4.69) is 24.9 Å². The number of aromatic nitrogens is 5. The Balaban J connectivity index is 1.41. The van der Waals surface area contributed by atoms with Gasteiger partial charge < -0.3 is 9.80 Å². The summed E-state index contributed by atoms with van der Waals surface area (Å²) < 4.78 is 14.6. The lowest BCUT2D eigenvalue weighted by molar-refractivity contribution is -0.135. The van der Waals surface area contributed by atoms with E-state index in [0.717, 1.165) is 11.3 Å². The topological polar surface area (TPSA) is 108 Å². The molecule has 11 heteroatoms. The zero-order valence-corrected chi connectivity index (χ0v) is 18.8. The zero-order chi connectivity index (χ0) is 23.8. The average molecular weight is 462 g/mol. The van der Waals surface area contributed by atoms with Crippen molar-refractivity contribution in [3.63, 3.8) is 0 Å². The van der Waals surface area contributed by atoms with Crippen LogP contribution < -0.4 is 9.80 Å². The lowest BCUT2D eigenvalue weighted by atomic mass is 9.99. The van der Waals surface area contributed by atoms with Crippen molar-refractivity contribution in [1.82, 2.24) is 29.8 Å². The maximum Gasteiger partial charge on any atom is 0.247 e. The second-order valence-electron chi connectivity index (χ2n) is 8.28. The van der Waals surface area contributed by atoms with Crippen molar-refractivity contribution in [2.45, 2.75) is 26.3 Å². The van der Waals surface area contributed by atoms with Crippen molar-refractivity contribution >= 4 is 23.5 Å². The normalized spacial score (nSPS) is 18.1. The van der Waals surface area contributed by atoms with Crippen LogP contribution in [0.25, 0.3) is 11.6 Å². The summed E-state index contributed by atoms with van der Waals surface area (Å²) in [4.78, 5) is 51.2. The van der Waals surface area contributed by atoms with E-state index in [9.17, 15) is 14.0 Å². The molecular formula is C23H23FN8O2. The van der Waals surface area contributed by atoms with E-state index in [1.165, 1.54) is 28.9 Å². The molecule has 34 heavy (non-hydrogen) atoms. The van der Waals surface area contributed by atoms with Gasteiger partial charge >= 0.3 is 0 Å². The van der Waals surface area contributed by atoms with E-state index in [1.807, 2.05) is 11.8 Å². The SMILES string of the molecule is CC(=O)N1CCN(c2cc(F)cc(N3CCc4nc(-c5ncccn5)ncc4C3C)n2)C(=O)C1. The van der Waals surface area contributed by atoms with Crippen LogP contribution in [-0.2, 0) is 16.0 Å². The molecule has 0 N–H and O–H groups in total. The van der Waals surface area contributed by atoms with Crippen LogP contribution in [0.5, 0.6) is 0 Å². The van der Waals surface area contributed by atoms with Gasteiger partial charge in [-0.15, -0.1) is 0 Å². The molecule has 3 aromatic heterocycles. The fraction of sp³-hybridized carbons (Fsp3) is 0.348. The highest BCUT2D eigenvalue weighted by atomic mass is 19.1. The Morgan fingerprint density at radius 2 is 1.79 bits per heavy atom. The van der Waals surface area contributed by atoms with Gasteiger partial charge in [-0.2, -0.15) is 0 Å². The smallest absolute Gasteiger partial charge is 0.247 e. The molecule has 1 saturated heterocycles. The number of hydrogen-bond donors (Lipinski definition) is 0. The molecule has 0 spiro atoms. The standard InChI is InChI=1S/C23H23FN8O2/c1-14-17-12-27-23(22-25-5-3-6-26-22)28-18(17)4-7-31(14)19-10-16(24)11-20(29-19)32-9-8-30(15(2)33)13-21(32)34/h3,5-6,10-12,14H,4,7-9,13H2,1-2H3. The highest BCUT2D eigenvalue weighted by molar-refractivity contribution is 5.97. The van der Waals surface area contributed by atoms with Crippen LogP contribution in [0.4, 0.5) is 16.0 Å². The number of piperazine rings is 1. The van der Waals surface area contributed by atoms with Crippen LogP contribution in [0.15, 0.2) is 36.8 Å². The van der Waals surface area contributed by atoms with Crippen molar-refractivity contribution in [3.05, 3.63) is 53.9 Å². The summed E-state index contributed by atoms with van der Waals surface area (Å²) in [5.74, 6) is 0.685. The quantitative estimate of drug-likeness (QED) is 0.580. The number of pyridine rings is 1. The fourth-order valence-electron chi connectivity index (χ4n) is 4.34. The van der Waals surface area contributed by atoms with Gasteiger partial charge in [-0.1, -0.05) is 0 Å². The van der Waals surface area contributed by atoms with E-state index in [1.54, 1.807) is 24.7 Å². The Hall–Kier alpha value is -4.02. The first kappa shape index (κ1) is 21.8. The molecular weight excluding hydrogens is 439 g/mol. The third kappa shape index (κ3) is 4.04. The maximum absolute atomic E-state index is 14.6. The zero-order valence-electron chi connectivity index (χ0n) is 18.8. The second kappa shape index (κ2) is 8.73. The van der Waals surface area contributed by atoms with Gasteiger partial charge in [0.2, 0.25) is 11.8 Å². The van der Waals surface area contributed by atoms with Crippen molar-refractivity contribution in [2.24, 2.45) is 0 Å². The van der Waals surface area contributed by atoms with Crippen LogP contribution >= 0.6 is 0 Å². The van der Waals surface area contributed by atoms with Crippen molar-refractivity contribution in [3.8, 4) is 11.6 Å². The predicted molar refractivity (Wildman–Crippen MR) is 121 cm³/mol. The van der Waals surface area contributed by atoms with Gasteiger partial charge in [0.05, 0.1) is 11.7 Å². The lowest BCUT2D eigenvalue weighted by Gasteiger charge is -2.37. The minimum absolute atomic E-state index is 0.0405. The number of amides is 2. The first-order valence-corrected chi connectivity index (χ1v) is 11.0. The molecule has 0 aromatic carbocycles. The molecule has 5 heterocycles. The first-order chi connectivity index (χ1) is 16.4. The molecule has 1 unspecified atom stereocenters. The van der Waals surface area contributed by atoms with Gasteiger partial charge in [-0.3, -0.25) is 14.5 Å². The van der Waals surface area contributed by atoms with Gasteiger partial charge in [0.15, 0.2) is 11.6 Å². The van der Waals surface area contributed by atoms with E-state index in [4.69, 9.17) is 0 Å². The molecule has 10 nitrogen and oxygen atoms in total. The van der Waals surface area contributed by atoms with Gasteiger partial charge in [-0.05, 0) is 13.0 Å². The summed E-state index contributed by atoms with van der Waals surface area (Å²) in [7, 11) is 0. The molecule has 0 radical (unpaired) electrons. The first-order valence-electron chi connectivity index (χ1n) is 11.0. The Bertz CT molecular complexity index is 1250. The largest absolute Gasteiger partial charge is 0.349 e. The molecule has 0 saturated carbocycles. The van der Waals surface area contributed by atoms with E-state index in [0.29, 0.717) is 37.0 Å². The van der Waals surface area contributed by atoms with E-state index < -0.39 is 5.82 Å². The monoisotopic (exact) mass is 462 g/mol. The number of rotatable bonds is 3. The molecule has 2 aliphatic rings. The van der Waals surface area contributed by atoms with Crippen LogP contribution in [-0.4, -0.2) is 67.8 Å². The summed E-state index contributed by atoms with van der Waals surface area (Å²) in [6.45, 7) is 4.60. The van der Waals surface area contributed by atoms with Crippen molar-refractivity contribution in [1.29, 1.82) is 0 Å². The van der Waals surface area contributed by atoms with E-state index >= 15 is 0 Å². The van der Waals surface area contributed by atoms with E-state index in [-0.39, 0.29) is 36.8 Å². The number of anilines is 2. The summed E-state index contributed by atoms with van der Waals surface area (Å²) in [5, 5.41) is 0. The lowest BCUT2D eigenvalue weighted by Crippen LogP contribution is -2.52. The number of carbonyl (C=O) groups excluding carboxylic acids is 2. The molecule has 5 rings (SSSR count). The van der Waals surface area contributed by atoms with Crippen LogP contribution in [0.3, 0.4) is 0 Å². The number of hydrogen-bond acceptors (Lipinski definition) is 8. The Morgan fingerprint density at radius 3 is 2.53 bits per heavy atom. The molecule has 1 atom stereocenters. The maximum atomic E-state index is 14.6. The number of carbonyl (C=O) groups is 2. The molecule has 2 amide bonds. The molecule has 2 aliphatic heterocycles. The Morgan fingerprint density at radius 1 is 1.03 bits per heavy atom. The van der Waals surface area contributed by atoms with Crippen LogP contribution in [0, 0.1) is 5.82 Å².